The molecule has 0 unspecified atom stereocenters. The first-order valence-electron chi connectivity index (χ1n) is 12.1. The molecule has 4 aromatic rings. The fourth-order valence-corrected chi connectivity index (χ4v) is 4.41. The molecule has 1 aliphatic rings. The summed E-state index contributed by atoms with van der Waals surface area (Å²) < 4.78 is 6.66. The number of benzene rings is 3. The summed E-state index contributed by atoms with van der Waals surface area (Å²) in [5.41, 5.74) is 5.29. The van der Waals surface area contributed by atoms with E-state index in [9.17, 15) is 14.4 Å². The minimum atomic E-state index is -0.377. The highest BCUT2D eigenvalue weighted by molar-refractivity contribution is 6.08. The van der Waals surface area contributed by atoms with Crippen molar-refractivity contribution in [3.63, 3.8) is 0 Å². The van der Waals surface area contributed by atoms with Gasteiger partial charge in [0, 0.05) is 36.7 Å². The van der Waals surface area contributed by atoms with E-state index in [-0.39, 0.29) is 24.3 Å². The first-order chi connectivity index (χ1) is 18.0. The van der Waals surface area contributed by atoms with E-state index in [4.69, 9.17) is 4.74 Å². The standard InChI is InChI=1S/C29H26N4O4/c1-2-37-29(36)21-10-8-20(9-11-21)25-6-3-4-7-26(25)28(35)31-24-13-12-22-17-32(18-23(22)16-24)27(34)19-33-15-5-14-30-33/h3-16H,2,17-19H2,1H3,(H,31,35). The summed E-state index contributed by atoms with van der Waals surface area (Å²) in [6.07, 6.45) is 3.42. The third-order valence-corrected chi connectivity index (χ3v) is 6.27. The Bertz CT molecular complexity index is 1450. The fourth-order valence-electron chi connectivity index (χ4n) is 4.41. The van der Waals surface area contributed by atoms with Crippen LogP contribution >= 0.6 is 0 Å². The number of fused-ring (bicyclic) bond motifs is 1. The number of carbonyl (C=O) groups is 3. The first-order valence-corrected chi connectivity index (χ1v) is 12.1. The summed E-state index contributed by atoms with van der Waals surface area (Å²) in [4.78, 5) is 39.7. The molecule has 8 heteroatoms. The molecule has 1 aromatic heterocycles. The number of anilines is 1. The Balaban J connectivity index is 1.29. The Labute approximate surface area is 214 Å². The Hall–Kier alpha value is -4.72. The first kappa shape index (κ1) is 24.0. The van der Waals surface area contributed by atoms with Gasteiger partial charge in [-0.2, -0.15) is 5.10 Å². The van der Waals surface area contributed by atoms with Crippen LogP contribution in [-0.4, -0.2) is 39.1 Å². The van der Waals surface area contributed by atoms with Gasteiger partial charge in [-0.25, -0.2) is 4.79 Å². The molecule has 0 saturated carbocycles. The minimum absolute atomic E-state index is 0.00612. The summed E-state index contributed by atoms with van der Waals surface area (Å²) in [6, 6.07) is 21.9. The molecule has 1 aliphatic heterocycles. The molecule has 3 aromatic carbocycles. The molecular formula is C29H26N4O4. The molecule has 0 saturated heterocycles. The molecule has 0 atom stereocenters. The topological polar surface area (TPSA) is 93.5 Å². The van der Waals surface area contributed by atoms with Crippen LogP contribution in [0.2, 0.25) is 0 Å². The highest BCUT2D eigenvalue weighted by Gasteiger charge is 2.24. The molecule has 5 rings (SSSR count). The lowest BCUT2D eigenvalue weighted by Gasteiger charge is -2.15. The van der Waals surface area contributed by atoms with Gasteiger partial charge >= 0.3 is 5.97 Å². The number of hydrogen-bond donors (Lipinski definition) is 1. The van der Waals surface area contributed by atoms with E-state index in [0.717, 1.165) is 22.3 Å². The summed E-state index contributed by atoms with van der Waals surface area (Å²) >= 11 is 0. The molecule has 186 valence electrons. The van der Waals surface area contributed by atoms with Gasteiger partial charge in [0.05, 0.1) is 12.2 Å². The van der Waals surface area contributed by atoms with Crippen LogP contribution in [0.1, 0.15) is 38.8 Å². The van der Waals surface area contributed by atoms with Crippen LogP contribution in [0.15, 0.2) is 85.2 Å². The van der Waals surface area contributed by atoms with E-state index in [1.165, 1.54) is 0 Å². The van der Waals surface area contributed by atoms with Crippen molar-refractivity contribution in [3.05, 3.63) is 107 Å². The quantitative estimate of drug-likeness (QED) is 0.381. The molecule has 0 bridgehead atoms. The Kier molecular flexibility index (Phi) is 6.81. The van der Waals surface area contributed by atoms with Crippen molar-refractivity contribution < 1.29 is 19.1 Å². The average Bonchev–Trinajstić information content (AvgIpc) is 3.58. The molecule has 0 radical (unpaired) electrons. The maximum absolute atomic E-state index is 13.3. The smallest absolute Gasteiger partial charge is 0.338 e. The molecule has 0 aliphatic carbocycles. The van der Waals surface area contributed by atoms with Crippen molar-refractivity contribution in [1.29, 1.82) is 0 Å². The molecule has 0 fully saturated rings. The molecule has 0 spiro atoms. The zero-order chi connectivity index (χ0) is 25.8. The normalized spacial score (nSPS) is 12.2. The second-order valence-electron chi connectivity index (χ2n) is 8.73. The Morgan fingerprint density at radius 3 is 2.49 bits per heavy atom. The van der Waals surface area contributed by atoms with Gasteiger partial charge in [-0.3, -0.25) is 14.3 Å². The Morgan fingerprint density at radius 1 is 0.946 bits per heavy atom. The third-order valence-electron chi connectivity index (χ3n) is 6.27. The lowest BCUT2D eigenvalue weighted by molar-refractivity contribution is -0.132. The highest BCUT2D eigenvalue weighted by atomic mass is 16.5. The minimum Gasteiger partial charge on any atom is -0.462 e. The van der Waals surface area contributed by atoms with Crippen LogP contribution in [0, 0.1) is 0 Å². The van der Waals surface area contributed by atoms with E-state index < -0.39 is 0 Å². The summed E-state index contributed by atoms with van der Waals surface area (Å²) in [5, 5.41) is 7.10. The van der Waals surface area contributed by atoms with Crippen LogP contribution in [-0.2, 0) is 29.2 Å². The van der Waals surface area contributed by atoms with E-state index >= 15 is 0 Å². The number of rotatable bonds is 7. The molecule has 1 N–H and O–H groups in total. The number of nitrogens with one attached hydrogen (secondary N) is 1. The van der Waals surface area contributed by atoms with Crippen LogP contribution in [0.4, 0.5) is 5.69 Å². The monoisotopic (exact) mass is 494 g/mol. The van der Waals surface area contributed by atoms with E-state index in [0.29, 0.717) is 36.5 Å². The highest BCUT2D eigenvalue weighted by Crippen LogP contribution is 2.28. The van der Waals surface area contributed by atoms with Crippen LogP contribution in [0.25, 0.3) is 11.1 Å². The molecular weight excluding hydrogens is 468 g/mol. The average molecular weight is 495 g/mol. The zero-order valence-corrected chi connectivity index (χ0v) is 20.4. The maximum atomic E-state index is 13.3. The number of amides is 2. The predicted octanol–water partition coefficient (Wildman–Crippen LogP) is 4.52. The zero-order valence-electron chi connectivity index (χ0n) is 20.4. The fraction of sp³-hybridized carbons (Fsp3) is 0.172. The SMILES string of the molecule is CCOC(=O)c1ccc(-c2ccccc2C(=O)Nc2ccc3c(c2)CN(C(=O)Cn2cccn2)C3)cc1. The van der Waals surface area contributed by atoms with E-state index in [2.05, 4.69) is 10.4 Å². The van der Waals surface area contributed by atoms with Crippen molar-refractivity contribution in [2.45, 2.75) is 26.6 Å². The third kappa shape index (κ3) is 5.28. The number of carbonyl (C=O) groups excluding carboxylic acids is 3. The lowest BCUT2D eigenvalue weighted by Crippen LogP contribution is -2.29. The van der Waals surface area contributed by atoms with E-state index in [1.54, 1.807) is 53.2 Å². The van der Waals surface area contributed by atoms with Gasteiger partial charge in [0.1, 0.15) is 6.54 Å². The van der Waals surface area contributed by atoms with Gasteiger partial charge in [-0.05, 0) is 65.6 Å². The lowest BCUT2D eigenvalue weighted by atomic mass is 9.98. The summed E-state index contributed by atoms with van der Waals surface area (Å²) in [7, 11) is 0. The number of aromatic nitrogens is 2. The largest absolute Gasteiger partial charge is 0.462 e. The molecule has 37 heavy (non-hydrogen) atoms. The number of nitrogens with zero attached hydrogens (tertiary/aromatic N) is 3. The van der Waals surface area contributed by atoms with Gasteiger partial charge < -0.3 is 15.0 Å². The number of hydrogen-bond acceptors (Lipinski definition) is 5. The van der Waals surface area contributed by atoms with Gasteiger partial charge in [0.25, 0.3) is 5.91 Å². The van der Waals surface area contributed by atoms with Crippen LogP contribution in [0.5, 0.6) is 0 Å². The molecule has 8 nitrogen and oxygen atoms in total. The van der Waals surface area contributed by atoms with E-state index in [1.807, 2.05) is 48.5 Å². The molecule has 2 amide bonds. The number of esters is 1. The van der Waals surface area contributed by atoms with Crippen molar-refractivity contribution in [2.24, 2.45) is 0 Å². The second-order valence-corrected chi connectivity index (χ2v) is 8.73. The van der Waals surface area contributed by atoms with Crippen molar-refractivity contribution in [1.82, 2.24) is 14.7 Å². The van der Waals surface area contributed by atoms with Crippen molar-refractivity contribution in [2.75, 3.05) is 11.9 Å². The van der Waals surface area contributed by atoms with Crippen LogP contribution in [0.3, 0.4) is 0 Å². The molecule has 2 heterocycles. The predicted molar refractivity (Wildman–Crippen MR) is 139 cm³/mol. The summed E-state index contributed by atoms with van der Waals surface area (Å²) in [5.74, 6) is -0.624. The van der Waals surface area contributed by atoms with Gasteiger partial charge in [-0.1, -0.05) is 36.4 Å². The summed E-state index contributed by atoms with van der Waals surface area (Å²) in [6.45, 7) is 3.30. The van der Waals surface area contributed by atoms with Gasteiger partial charge in [0.2, 0.25) is 5.91 Å². The van der Waals surface area contributed by atoms with Gasteiger partial charge in [0.15, 0.2) is 0 Å². The van der Waals surface area contributed by atoms with Crippen LogP contribution < -0.4 is 5.32 Å². The van der Waals surface area contributed by atoms with Crippen molar-refractivity contribution >= 4 is 23.5 Å². The van der Waals surface area contributed by atoms with Crippen molar-refractivity contribution in [3.8, 4) is 11.1 Å². The number of ether oxygens (including phenoxy) is 1. The van der Waals surface area contributed by atoms with Gasteiger partial charge in [-0.15, -0.1) is 0 Å². The second kappa shape index (κ2) is 10.5. The maximum Gasteiger partial charge on any atom is 0.338 e. The Morgan fingerprint density at radius 2 is 1.73 bits per heavy atom.